The third kappa shape index (κ3) is 3.36. The Labute approximate surface area is 109 Å². The number of aryl methyl sites for hydroxylation is 2. The maximum Gasteiger partial charge on any atom is 0.0642 e. The van der Waals surface area contributed by atoms with E-state index in [9.17, 15) is 0 Å². The monoisotopic (exact) mass is 252 g/mol. The second kappa shape index (κ2) is 5.74. The van der Waals surface area contributed by atoms with Crippen molar-refractivity contribution in [1.29, 1.82) is 0 Å². The van der Waals surface area contributed by atoms with Crippen molar-refractivity contribution in [3.05, 3.63) is 28.3 Å². The summed E-state index contributed by atoms with van der Waals surface area (Å²) in [4.78, 5) is 2.50. The lowest BCUT2D eigenvalue weighted by Crippen LogP contribution is -2.26. The first-order chi connectivity index (χ1) is 8.16. The van der Waals surface area contributed by atoms with Gasteiger partial charge in [0.05, 0.1) is 10.7 Å². The van der Waals surface area contributed by atoms with E-state index in [2.05, 4.69) is 30.1 Å². The van der Waals surface area contributed by atoms with Crippen LogP contribution in [0.3, 0.4) is 0 Å². The van der Waals surface area contributed by atoms with Gasteiger partial charge >= 0.3 is 0 Å². The van der Waals surface area contributed by atoms with E-state index >= 15 is 0 Å². The molecule has 1 N–H and O–H groups in total. The van der Waals surface area contributed by atoms with Gasteiger partial charge in [-0.3, -0.25) is 0 Å². The van der Waals surface area contributed by atoms with E-state index in [0.29, 0.717) is 0 Å². The average molecular weight is 253 g/mol. The zero-order valence-electron chi connectivity index (χ0n) is 10.7. The quantitative estimate of drug-likeness (QED) is 0.883. The third-order valence-electron chi connectivity index (χ3n) is 3.36. The molecular formula is C14H21ClN2. The Bertz CT molecular complexity index is 361. The Hall–Kier alpha value is -0.730. The Morgan fingerprint density at radius 3 is 2.59 bits per heavy atom. The zero-order chi connectivity index (χ0) is 12.3. The van der Waals surface area contributed by atoms with E-state index in [1.54, 1.807) is 0 Å². The van der Waals surface area contributed by atoms with Crippen LogP contribution in [0.25, 0.3) is 0 Å². The van der Waals surface area contributed by atoms with Crippen molar-refractivity contribution in [1.82, 2.24) is 4.90 Å². The van der Waals surface area contributed by atoms with Crippen LogP contribution in [0.2, 0.25) is 5.02 Å². The first kappa shape index (κ1) is 12.7. The number of benzene rings is 1. The SMILES string of the molecule is Cc1cc(C)c(NCCN2CCCC2)c(Cl)c1. The predicted octanol–water partition coefficient (Wildman–Crippen LogP) is 3.46. The molecule has 0 atom stereocenters. The van der Waals surface area contributed by atoms with Gasteiger partial charge in [-0.05, 0) is 57.0 Å². The molecular weight excluding hydrogens is 232 g/mol. The molecule has 1 aromatic rings. The first-order valence-electron chi connectivity index (χ1n) is 6.40. The number of halogens is 1. The van der Waals surface area contributed by atoms with Crippen LogP contribution in [0, 0.1) is 13.8 Å². The summed E-state index contributed by atoms with van der Waals surface area (Å²) in [6.45, 7) is 8.78. The maximum absolute atomic E-state index is 6.25. The summed E-state index contributed by atoms with van der Waals surface area (Å²) in [5, 5.41) is 4.30. The molecule has 3 heteroatoms. The van der Waals surface area contributed by atoms with Crippen molar-refractivity contribution in [2.45, 2.75) is 26.7 Å². The second-order valence-corrected chi connectivity index (χ2v) is 5.32. The number of anilines is 1. The molecule has 0 spiro atoms. The van der Waals surface area contributed by atoms with Gasteiger partial charge in [-0.25, -0.2) is 0 Å². The Morgan fingerprint density at radius 2 is 1.94 bits per heavy atom. The largest absolute Gasteiger partial charge is 0.382 e. The fourth-order valence-electron chi connectivity index (χ4n) is 2.48. The van der Waals surface area contributed by atoms with Crippen molar-refractivity contribution in [2.75, 3.05) is 31.5 Å². The lowest BCUT2D eigenvalue weighted by atomic mass is 10.1. The van der Waals surface area contributed by atoms with E-state index in [-0.39, 0.29) is 0 Å². The summed E-state index contributed by atoms with van der Waals surface area (Å²) in [6.07, 6.45) is 2.70. The number of nitrogens with zero attached hydrogens (tertiary/aromatic N) is 1. The molecule has 0 aliphatic carbocycles. The molecule has 1 aliphatic heterocycles. The van der Waals surface area contributed by atoms with E-state index in [0.717, 1.165) is 23.8 Å². The minimum atomic E-state index is 0.837. The number of nitrogens with one attached hydrogen (secondary N) is 1. The van der Waals surface area contributed by atoms with E-state index < -0.39 is 0 Å². The smallest absolute Gasteiger partial charge is 0.0642 e. The molecule has 0 bridgehead atoms. The van der Waals surface area contributed by atoms with Crippen LogP contribution < -0.4 is 5.32 Å². The van der Waals surface area contributed by atoms with Gasteiger partial charge in [-0.2, -0.15) is 0 Å². The van der Waals surface area contributed by atoms with Crippen molar-refractivity contribution in [3.8, 4) is 0 Å². The Morgan fingerprint density at radius 1 is 1.24 bits per heavy atom. The second-order valence-electron chi connectivity index (χ2n) is 4.91. The number of likely N-dealkylation sites (tertiary alicyclic amines) is 1. The van der Waals surface area contributed by atoms with Crippen molar-refractivity contribution in [2.24, 2.45) is 0 Å². The standard InChI is InChI=1S/C14H21ClN2/c1-11-9-12(2)14(13(15)10-11)16-5-8-17-6-3-4-7-17/h9-10,16H,3-8H2,1-2H3. The minimum absolute atomic E-state index is 0.837. The van der Waals surface area contributed by atoms with Gasteiger partial charge < -0.3 is 10.2 Å². The minimum Gasteiger partial charge on any atom is -0.382 e. The van der Waals surface area contributed by atoms with Crippen LogP contribution in [-0.2, 0) is 0 Å². The molecule has 1 heterocycles. The first-order valence-corrected chi connectivity index (χ1v) is 6.77. The number of hydrogen-bond acceptors (Lipinski definition) is 2. The highest BCUT2D eigenvalue weighted by molar-refractivity contribution is 6.33. The van der Waals surface area contributed by atoms with Gasteiger partial charge in [0.15, 0.2) is 0 Å². The van der Waals surface area contributed by atoms with Crippen molar-refractivity contribution < 1.29 is 0 Å². The molecule has 0 unspecified atom stereocenters. The Balaban J connectivity index is 1.89. The van der Waals surface area contributed by atoms with Crippen molar-refractivity contribution >= 4 is 17.3 Å². The fraction of sp³-hybridized carbons (Fsp3) is 0.571. The molecule has 0 saturated carbocycles. The maximum atomic E-state index is 6.25. The molecule has 0 amide bonds. The van der Waals surface area contributed by atoms with E-state index in [4.69, 9.17) is 11.6 Å². The molecule has 2 nitrogen and oxygen atoms in total. The lowest BCUT2D eigenvalue weighted by molar-refractivity contribution is 0.352. The molecule has 17 heavy (non-hydrogen) atoms. The van der Waals surface area contributed by atoms with E-state index in [1.165, 1.54) is 37.1 Å². The van der Waals surface area contributed by atoms with Crippen molar-refractivity contribution in [3.63, 3.8) is 0 Å². The molecule has 1 saturated heterocycles. The summed E-state index contributed by atoms with van der Waals surface area (Å²) in [7, 11) is 0. The highest BCUT2D eigenvalue weighted by Crippen LogP contribution is 2.27. The van der Waals surface area contributed by atoms with Crippen LogP contribution >= 0.6 is 11.6 Å². The van der Waals surface area contributed by atoms with Crippen LogP contribution in [-0.4, -0.2) is 31.1 Å². The fourth-order valence-corrected chi connectivity index (χ4v) is 2.87. The molecule has 2 rings (SSSR count). The summed E-state index contributed by atoms with van der Waals surface area (Å²) >= 11 is 6.25. The number of hydrogen-bond donors (Lipinski definition) is 1. The van der Waals surface area contributed by atoms with Crippen LogP contribution in [0.4, 0.5) is 5.69 Å². The molecule has 1 aliphatic rings. The van der Waals surface area contributed by atoms with Gasteiger partial charge in [0.2, 0.25) is 0 Å². The van der Waals surface area contributed by atoms with Gasteiger partial charge in [0.1, 0.15) is 0 Å². The van der Waals surface area contributed by atoms with Gasteiger partial charge in [0.25, 0.3) is 0 Å². The van der Waals surface area contributed by atoms with Crippen LogP contribution in [0.5, 0.6) is 0 Å². The average Bonchev–Trinajstić information content (AvgIpc) is 2.74. The molecule has 0 radical (unpaired) electrons. The summed E-state index contributed by atoms with van der Waals surface area (Å²) in [6, 6.07) is 4.19. The summed E-state index contributed by atoms with van der Waals surface area (Å²) in [5.41, 5.74) is 3.55. The molecule has 1 fully saturated rings. The number of rotatable bonds is 4. The Kier molecular flexibility index (Phi) is 4.30. The van der Waals surface area contributed by atoms with Crippen LogP contribution in [0.1, 0.15) is 24.0 Å². The lowest BCUT2D eigenvalue weighted by Gasteiger charge is -2.17. The van der Waals surface area contributed by atoms with Gasteiger partial charge in [-0.15, -0.1) is 0 Å². The zero-order valence-corrected chi connectivity index (χ0v) is 11.5. The van der Waals surface area contributed by atoms with Gasteiger partial charge in [0, 0.05) is 13.1 Å². The molecule has 0 aromatic heterocycles. The third-order valence-corrected chi connectivity index (χ3v) is 3.66. The highest BCUT2D eigenvalue weighted by Gasteiger charge is 2.11. The highest BCUT2D eigenvalue weighted by atomic mass is 35.5. The predicted molar refractivity (Wildman–Crippen MR) is 75.1 cm³/mol. The van der Waals surface area contributed by atoms with Crippen LogP contribution in [0.15, 0.2) is 12.1 Å². The van der Waals surface area contributed by atoms with Gasteiger partial charge in [-0.1, -0.05) is 17.7 Å². The summed E-state index contributed by atoms with van der Waals surface area (Å²) < 4.78 is 0. The van der Waals surface area contributed by atoms with E-state index in [1.807, 2.05) is 6.07 Å². The molecule has 94 valence electrons. The molecule has 1 aromatic carbocycles. The normalized spacial score (nSPS) is 16.4. The topological polar surface area (TPSA) is 15.3 Å². The summed E-state index contributed by atoms with van der Waals surface area (Å²) in [5.74, 6) is 0.